The molecule has 0 atom stereocenters. The van der Waals surface area contributed by atoms with Crippen LogP contribution in [0.2, 0.25) is 0 Å². The molecule has 0 aliphatic carbocycles. The van der Waals surface area contributed by atoms with Gasteiger partial charge in [0.15, 0.2) is 11.6 Å². The topological polar surface area (TPSA) is 89.8 Å². The van der Waals surface area contributed by atoms with Gasteiger partial charge in [-0.3, -0.25) is 0 Å². The zero-order valence-corrected chi connectivity index (χ0v) is 16.2. The van der Waals surface area contributed by atoms with Crippen LogP contribution in [0.3, 0.4) is 0 Å². The molecule has 0 radical (unpaired) electrons. The van der Waals surface area contributed by atoms with Gasteiger partial charge in [0.25, 0.3) is 0 Å². The van der Waals surface area contributed by atoms with E-state index in [0.29, 0.717) is 17.3 Å². The van der Waals surface area contributed by atoms with Crippen LogP contribution in [0.25, 0.3) is 0 Å². The first-order valence-electron chi connectivity index (χ1n) is 10.4. The number of unbranched alkanes of at least 4 members (excludes halogenated alkanes) is 13. The van der Waals surface area contributed by atoms with Gasteiger partial charge in [-0.15, -0.1) is 0 Å². The van der Waals surface area contributed by atoms with Gasteiger partial charge in [-0.1, -0.05) is 90.4 Å². The first-order chi connectivity index (χ1) is 12.3. The molecule has 0 unspecified atom stereocenters. The summed E-state index contributed by atoms with van der Waals surface area (Å²) in [5, 5.41) is 3.24. The van der Waals surface area contributed by atoms with Crippen LogP contribution in [0.5, 0.6) is 0 Å². The van der Waals surface area contributed by atoms with Crippen molar-refractivity contribution in [1.29, 1.82) is 0 Å². The largest absolute Gasteiger partial charge is 0.393 e. The second kappa shape index (κ2) is 14.8. The highest BCUT2D eigenvalue weighted by atomic mass is 15.1. The number of nitrogens with zero attached hydrogens (tertiary/aromatic N) is 2. The van der Waals surface area contributed by atoms with Crippen molar-refractivity contribution in [1.82, 2.24) is 9.97 Å². The highest BCUT2D eigenvalue weighted by Crippen LogP contribution is 2.19. The van der Waals surface area contributed by atoms with Crippen LogP contribution in [0.1, 0.15) is 96.8 Å². The number of nitrogen functional groups attached to an aromatic ring is 2. The maximum Gasteiger partial charge on any atom is 0.154 e. The quantitative estimate of drug-likeness (QED) is 0.341. The molecule has 0 aliphatic heterocycles. The van der Waals surface area contributed by atoms with Gasteiger partial charge in [0.05, 0.1) is 0 Å². The fraction of sp³-hybridized carbons (Fsp3) is 0.800. The Kier molecular flexibility index (Phi) is 12.7. The summed E-state index contributed by atoms with van der Waals surface area (Å²) >= 11 is 0. The summed E-state index contributed by atoms with van der Waals surface area (Å²) in [5.74, 6) is 1.00. The van der Waals surface area contributed by atoms with E-state index in [4.69, 9.17) is 11.5 Å². The van der Waals surface area contributed by atoms with Crippen LogP contribution >= 0.6 is 0 Å². The Morgan fingerprint density at radius 2 is 1.20 bits per heavy atom. The minimum atomic E-state index is 0.346. The van der Waals surface area contributed by atoms with Crippen LogP contribution in [-0.4, -0.2) is 16.5 Å². The standard InChI is InChI=1S/C20H39N5/c1-2-3-4-5-6-7-8-9-10-11-12-13-14-15-16-23-20-18(21)19(22)24-17-25-20/h17H,2-16,21H2,1H3,(H3,22,23,24,25). The average molecular weight is 350 g/mol. The molecule has 5 heteroatoms. The van der Waals surface area contributed by atoms with Crippen molar-refractivity contribution in [2.75, 3.05) is 23.3 Å². The number of hydrogen-bond acceptors (Lipinski definition) is 5. The molecule has 1 heterocycles. The normalized spacial score (nSPS) is 10.9. The molecular weight excluding hydrogens is 310 g/mol. The molecule has 1 rings (SSSR count). The fourth-order valence-corrected chi connectivity index (χ4v) is 3.08. The summed E-state index contributed by atoms with van der Waals surface area (Å²) in [6.07, 6.45) is 20.7. The van der Waals surface area contributed by atoms with Crippen LogP contribution in [0.4, 0.5) is 17.3 Å². The molecule has 0 bridgehead atoms. The Labute approximate surface area is 154 Å². The third kappa shape index (κ3) is 10.8. The van der Waals surface area contributed by atoms with E-state index >= 15 is 0 Å². The second-order valence-corrected chi connectivity index (χ2v) is 7.04. The number of hydrogen-bond donors (Lipinski definition) is 3. The van der Waals surface area contributed by atoms with Crippen molar-refractivity contribution >= 4 is 17.3 Å². The molecule has 0 fully saturated rings. The first kappa shape index (κ1) is 21.5. The van der Waals surface area contributed by atoms with Crippen LogP contribution in [0.15, 0.2) is 6.33 Å². The number of nitrogens with one attached hydrogen (secondary N) is 1. The molecule has 5 nitrogen and oxygen atoms in total. The lowest BCUT2D eigenvalue weighted by molar-refractivity contribution is 0.537. The molecule has 0 saturated heterocycles. The molecule has 0 aliphatic rings. The fourth-order valence-electron chi connectivity index (χ4n) is 3.08. The van der Waals surface area contributed by atoms with Gasteiger partial charge in [-0.05, 0) is 6.42 Å². The van der Waals surface area contributed by atoms with Crippen LogP contribution in [0, 0.1) is 0 Å². The molecular formula is C20H39N5. The molecule has 1 aromatic heterocycles. The predicted octanol–water partition coefficient (Wildman–Crippen LogP) is 5.53. The lowest BCUT2D eigenvalue weighted by Gasteiger charge is -2.08. The Morgan fingerprint density at radius 3 is 1.72 bits per heavy atom. The van der Waals surface area contributed by atoms with E-state index < -0.39 is 0 Å². The second-order valence-electron chi connectivity index (χ2n) is 7.04. The SMILES string of the molecule is CCCCCCCCCCCCCCCCNc1ncnc(N)c1N. The summed E-state index contributed by atoms with van der Waals surface area (Å²) in [7, 11) is 0. The molecule has 1 aromatic rings. The van der Waals surface area contributed by atoms with Crippen molar-refractivity contribution in [3.05, 3.63) is 6.33 Å². The Hall–Kier alpha value is -1.52. The summed E-state index contributed by atoms with van der Waals surface area (Å²) in [5.41, 5.74) is 11.9. The smallest absolute Gasteiger partial charge is 0.154 e. The number of aromatic nitrogens is 2. The van der Waals surface area contributed by atoms with Gasteiger partial charge >= 0.3 is 0 Å². The molecule has 0 spiro atoms. The lowest BCUT2D eigenvalue weighted by atomic mass is 10.0. The van der Waals surface area contributed by atoms with E-state index in [9.17, 15) is 0 Å². The molecule has 0 aromatic carbocycles. The van der Waals surface area contributed by atoms with Gasteiger partial charge in [0.1, 0.15) is 12.0 Å². The molecule has 5 N–H and O–H groups in total. The minimum absolute atomic E-state index is 0.346. The molecule has 0 saturated carbocycles. The predicted molar refractivity (Wildman–Crippen MR) is 110 cm³/mol. The van der Waals surface area contributed by atoms with Gasteiger partial charge in [0, 0.05) is 6.54 Å². The summed E-state index contributed by atoms with van der Waals surface area (Å²) in [6, 6.07) is 0. The minimum Gasteiger partial charge on any atom is -0.393 e. The third-order valence-electron chi connectivity index (χ3n) is 4.74. The van der Waals surface area contributed by atoms with E-state index in [2.05, 4.69) is 22.2 Å². The lowest BCUT2D eigenvalue weighted by Crippen LogP contribution is -2.09. The van der Waals surface area contributed by atoms with Gasteiger partial charge in [0.2, 0.25) is 0 Å². The van der Waals surface area contributed by atoms with E-state index in [1.807, 2.05) is 0 Å². The Morgan fingerprint density at radius 1 is 0.720 bits per heavy atom. The monoisotopic (exact) mass is 349 g/mol. The van der Waals surface area contributed by atoms with Gasteiger partial charge < -0.3 is 16.8 Å². The van der Waals surface area contributed by atoms with E-state index in [1.54, 1.807) is 0 Å². The Balaban J connectivity index is 1.82. The zero-order chi connectivity index (χ0) is 18.2. The molecule has 0 amide bonds. The van der Waals surface area contributed by atoms with Crippen LogP contribution < -0.4 is 16.8 Å². The van der Waals surface area contributed by atoms with Crippen LogP contribution in [-0.2, 0) is 0 Å². The average Bonchev–Trinajstić information content (AvgIpc) is 2.61. The summed E-state index contributed by atoms with van der Waals surface area (Å²) in [4.78, 5) is 7.98. The van der Waals surface area contributed by atoms with Crippen molar-refractivity contribution < 1.29 is 0 Å². The van der Waals surface area contributed by atoms with E-state index in [1.165, 1.54) is 89.8 Å². The maximum atomic E-state index is 5.83. The van der Waals surface area contributed by atoms with E-state index in [0.717, 1.165) is 13.0 Å². The summed E-state index contributed by atoms with van der Waals surface area (Å²) < 4.78 is 0. The third-order valence-corrected chi connectivity index (χ3v) is 4.74. The van der Waals surface area contributed by atoms with E-state index in [-0.39, 0.29) is 0 Å². The maximum absolute atomic E-state index is 5.83. The van der Waals surface area contributed by atoms with Gasteiger partial charge in [-0.25, -0.2) is 9.97 Å². The van der Waals surface area contributed by atoms with Crippen molar-refractivity contribution in [3.8, 4) is 0 Å². The van der Waals surface area contributed by atoms with Crippen molar-refractivity contribution in [2.45, 2.75) is 96.8 Å². The zero-order valence-electron chi connectivity index (χ0n) is 16.2. The highest BCUT2D eigenvalue weighted by molar-refractivity contribution is 5.71. The van der Waals surface area contributed by atoms with Crippen molar-refractivity contribution in [2.24, 2.45) is 0 Å². The summed E-state index contributed by atoms with van der Waals surface area (Å²) in [6.45, 7) is 3.17. The molecule has 25 heavy (non-hydrogen) atoms. The Bertz CT molecular complexity index is 436. The number of anilines is 3. The van der Waals surface area contributed by atoms with Gasteiger partial charge in [-0.2, -0.15) is 0 Å². The first-order valence-corrected chi connectivity index (χ1v) is 10.4. The number of rotatable bonds is 16. The van der Waals surface area contributed by atoms with Crippen molar-refractivity contribution in [3.63, 3.8) is 0 Å². The number of nitrogens with two attached hydrogens (primary N) is 2. The molecule has 144 valence electrons. The highest BCUT2D eigenvalue weighted by Gasteiger charge is 2.03.